The summed E-state index contributed by atoms with van der Waals surface area (Å²) in [6.07, 6.45) is 6.62. The average molecular weight is 356 g/mol. The number of aromatic amines is 1. The SMILES string of the molecule is N#CCCNc1cc(-n2ncc3cc(C#N)cnc32)ncc1-c1nc[nH]n1. The fourth-order valence-electron chi connectivity index (χ4n) is 2.63. The Bertz CT molecular complexity index is 1180. The summed E-state index contributed by atoms with van der Waals surface area (Å²) in [5.74, 6) is 1.04. The molecule has 2 N–H and O–H groups in total. The Morgan fingerprint density at radius 1 is 1.11 bits per heavy atom. The van der Waals surface area contributed by atoms with Gasteiger partial charge in [0.15, 0.2) is 17.3 Å². The van der Waals surface area contributed by atoms with Crippen LogP contribution in [0.3, 0.4) is 0 Å². The molecule has 4 rings (SSSR count). The molecule has 0 atom stereocenters. The standard InChI is InChI=1S/C17H12N10/c18-2-1-3-20-14-5-15(21-9-13(14)16-23-10-24-26-16)27-17-12(8-25-27)4-11(6-19)7-22-17/h4-5,7-10H,1,3H2,(H,20,21)(H,23,24,26). The van der Waals surface area contributed by atoms with Crippen molar-refractivity contribution in [2.45, 2.75) is 6.42 Å². The molecular formula is C17H12N10. The van der Waals surface area contributed by atoms with Crippen LogP contribution in [0.15, 0.2) is 37.1 Å². The van der Waals surface area contributed by atoms with Crippen molar-refractivity contribution in [2.75, 3.05) is 11.9 Å². The Balaban J connectivity index is 1.79. The van der Waals surface area contributed by atoms with Gasteiger partial charge in [0.25, 0.3) is 0 Å². The first-order valence-corrected chi connectivity index (χ1v) is 8.01. The van der Waals surface area contributed by atoms with E-state index in [1.54, 1.807) is 29.2 Å². The Hall–Kier alpha value is -4.31. The van der Waals surface area contributed by atoms with E-state index in [1.807, 2.05) is 0 Å². The van der Waals surface area contributed by atoms with Crippen LogP contribution in [-0.4, -0.2) is 41.5 Å². The maximum Gasteiger partial charge on any atom is 0.184 e. The molecule has 4 heterocycles. The van der Waals surface area contributed by atoms with Crippen molar-refractivity contribution >= 4 is 16.7 Å². The van der Waals surface area contributed by atoms with Crippen molar-refractivity contribution in [3.63, 3.8) is 0 Å². The number of H-pyrrole nitrogens is 1. The predicted octanol–water partition coefficient (Wildman–Crippen LogP) is 1.80. The zero-order valence-electron chi connectivity index (χ0n) is 14.0. The van der Waals surface area contributed by atoms with Gasteiger partial charge in [-0.05, 0) is 6.07 Å². The summed E-state index contributed by atoms with van der Waals surface area (Å²) in [6, 6.07) is 7.68. The number of aromatic nitrogens is 7. The molecule has 0 aliphatic heterocycles. The first-order valence-electron chi connectivity index (χ1n) is 8.01. The minimum atomic E-state index is 0.355. The third-order valence-electron chi connectivity index (χ3n) is 3.85. The van der Waals surface area contributed by atoms with Crippen molar-refractivity contribution in [3.8, 4) is 29.3 Å². The summed E-state index contributed by atoms with van der Waals surface area (Å²) in [6.45, 7) is 0.473. The lowest BCUT2D eigenvalue weighted by molar-refractivity contribution is 0.862. The lowest BCUT2D eigenvalue weighted by atomic mass is 10.2. The Morgan fingerprint density at radius 2 is 2.04 bits per heavy atom. The number of rotatable bonds is 5. The van der Waals surface area contributed by atoms with Crippen molar-refractivity contribution in [1.29, 1.82) is 10.5 Å². The van der Waals surface area contributed by atoms with Gasteiger partial charge in [-0.1, -0.05) is 0 Å². The monoisotopic (exact) mass is 356 g/mol. The van der Waals surface area contributed by atoms with Gasteiger partial charge in [0.1, 0.15) is 12.4 Å². The quantitative estimate of drug-likeness (QED) is 0.515. The van der Waals surface area contributed by atoms with E-state index in [-0.39, 0.29) is 0 Å². The summed E-state index contributed by atoms with van der Waals surface area (Å²) in [7, 11) is 0. The van der Waals surface area contributed by atoms with Crippen LogP contribution in [0.4, 0.5) is 5.69 Å². The summed E-state index contributed by atoms with van der Waals surface area (Å²) in [5.41, 5.74) is 2.49. The van der Waals surface area contributed by atoms with Crippen LogP contribution in [0, 0.1) is 22.7 Å². The number of pyridine rings is 2. The molecule has 0 aliphatic rings. The molecule has 10 heteroatoms. The summed E-state index contributed by atoms with van der Waals surface area (Å²) in [4.78, 5) is 12.9. The second-order valence-corrected chi connectivity index (χ2v) is 5.55. The minimum Gasteiger partial charge on any atom is -0.383 e. The third kappa shape index (κ3) is 3.03. The molecule has 0 saturated carbocycles. The maximum absolute atomic E-state index is 9.01. The molecule has 0 spiro atoms. The highest BCUT2D eigenvalue weighted by atomic mass is 15.3. The van der Waals surface area contributed by atoms with E-state index in [2.05, 4.69) is 47.7 Å². The molecule has 27 heavy (non-hydrogen) atoms. The fourth-order valence-corrected chi connectivity index (χ4v) is 2.63. The van der Waals surface area contributed by atoms with Gasteiger partial charge in [0, 0.05) is 30.4 Å². The largest absolute Gasteiger partial charge is 0.383 e. The van der Waals surface area contributed by atoms with Crippen molar-refractivity contribution in [3.05, 3.63) is 42.6 Å². The Kier molecular flexibility index (Phi) is 4.13. The second kappa shape index (κ2) is 6.90. The van der Waals surface area contributed by atoms with Gasteiger partial charge in [-0.3, -0.25) is 5.10 Å². The van der Waals surface area contributed by atoms with Crippen LogP contribution in [0.2, 0.25) is 0 Å². The number of hydrogen-bond acceptors (Lipinski definition) is 8. The number of nitrogens with zero attached hydrogens (tertiary/aromatic N) is 8. The first kappa shape index (κ1) is 16.2. The fraction of sp³-hybridized carbons (Fsp3) is 0.118. The second-order valence-electron chi connectivity index (χ2n) is 5.55. The summed E-state index contributed by atoms with van der Waals surface area (Å²) >= 11 is 0. The molecule has 0 saturated heterocycles. The van der Waals surface area contributed by atoms with Gasteiger partial charge in [-0.25, -0.2) is 15.0 Å². The van der Waals surface area contributed by atoms with Gasteiger partial charge >= 0.3 is 0 Å². The van der Waals surface area contributed by atoms with Crippen LogP contribution in [0.5, 0.6) is 0 Å². The van der Waals surface area contributed by atoms with E-state index in [0.717, 1.165) is 11.1 Å². The number of nitrogens with one attached hydrogen (secondary N) is 2. The van der Waals surface area contributed by atoms with Gasteiger partial charge in [-0.15, -0.1) is 0 Å². The van der Waals surface area contributed by atoms with Gasteiger partial charge < -0.3 is 5.32 Å². The van der Waals surface area contributed by atoms with Crippen LogP contribution >= 0.6 is 0 Å². The molecular weight excluding hydrogens is 344 g/mol. The van der Waals surface area contributed by atoms with E-state index in [0.29, 0.717) is 41.4 Å². The lowest BCUT2D eigenvalue weighted by Crippen LogP contribution is -2.06. The number of nitriles is 2. The van der Waals surface area contributed by atoms with Crippen LogP contribution < -0.4 is 5.32 Å². The Labute approximate surface area is 153 Å². The van der Waals surface area contributed by atoms with Crippen LogP contribution in [0.25, 0.3) is 28.2 Å². The lowest BCUT2D eigenvalue weighted by Gasteiger charge is -2.11. The topological polar surface area (TPSA) is 145 Å². The van der Waals surface area contributed by atoms with Crippen LogP contribution in [-0.2, 0) is 0 Å². The maximum atomic E-state index is 9.01. The molecule has 0 bridgehead atoms. The summed E-state index contributed by atoms with van der Waals surface area (Å²) in [5, 5.41) is 32.8. The third-order valence-corrected chi connectivity index (χ3v) is 3.85. The van der Waals surface area contributed by atoms with Crippen molar-refractivity contribution in [2.24, 2.45) is 0 Å². The highest BCUT2D eigenvalue weighted by Crippen LogP contribution is 2.27. The van der Waals surface area contributed by atoms with E-state index >= 15 is 0 Å². The molecule has 0 radical (unpaired) electrons. The molecule has 4 aromatic heterocycles. The molecule has 0 unspecified atom stereocenters. The van der Waals surface area contributed by atoms with E-state index in [4.69, 9.17) is 10.5 Å². The molecule has 4 aromatic rings. The number of hydrogen-bond donors (Lipinski definition) is 2. The molecule has 0 amide bonds. The highest BCUT2D eigenvalue weighted by molar-refractivity contribution is 5.79. The first-order chi connectivity index (χ1) is 13.3. The van der Waals surface area contributed by atoms with Crippen LogP contribution in [0.1, 0.15) is 12.0 Å². The molecule has 130 valence electrons. The highest BCUT2D eigenvalue weighted by Gasteiger charge is 2.14. The number of fused-ring (bicyclic) bond motifs is 1. The number of anilines is 1. The van der Waals surface area contributed by atoms with Crippen molar-refractivity contribution in [1.82, 2.24) is 34.9 Å². The molecule has 0 aromatic carbocycles. The normalized spacial score (nSPS) is 10.4. The minimum absolute atomic E-state index is 0.355. The predicted molar refractivity (Wildman–Crippen MR) is 95.5 cm³/mol. The van der Waals surface area contributed by atoms with E-state index in [1.165, 1.54) is 12.5 Å². The van der Waals surface area contributed by atoms with Gasteiger partial charge in [-0.2, -0.15) is 25.4 Å². The molecule has 0 fully saturated rings. The van der Waals surface area contributed by atoms with Crippen molar-refractivity contribution < 1.29 is 0 Å². The molecule has 10 nitrogen and oxygen atoms in total. The molecule has 0 aliphatic carbocycles. The average Bonchev–Trinajstić information content (AvgIpc) is 3.37. The Morgan fingerprint density at radius 3 is 2.81 bits per heavy atom. The zero-order chi connectivity index (χ0) is 18.6. The smallest absolute Gasteiger partial charge is 0.184 e. The van der Waals surface area contributed by atoms with E-state index < -0.39 is 0 Å². The summed E-state index contributed by atoms with van der Waals surface area (Å²) < 4.78 is 1.59. The van der Waals surface area contributed by atoms with Gasteiger partial charge in [0.2, 0.25) is 0 Å². The van der Waals surface area contributed by atoms with E-state index in [9.17, 15) is 0 Å². The zero-order valence-corrected chi connectivity index (χ0v) is 14.0. The van der Waals surface area contributed by atoms with Gasteiger partial charge in [0.05, 0.1) is 35.5 Å².